The molecule has 0 bridgehead atoms. The second kappa shape index (κ2) is 7.93. The molecule has 0 saturated heterocycles. The minimum absolute atomic E-state index is 0.101. The molecule has 4 aromatic rings. The van der Waals surface area contributed by atoms with Crippen LogP contribution in [0.2, 0.25) is 5.02 Å². The molecule has 2 N–H and O–H groups in total. The van der Waals surface area contributed by atoms with Crippen LogP contribution in [0.3, 0.4) is 0 Å². The van der Waals surface area contributed by atoms with E-state index in [9.17, 15) is 18.0 Å². The van der Waals surface area contributed by atoms with E-state index in [1.165, 1.54) is 41.9 Å². The molecule has 0 saturated carbocycles. The molecule has 0 aliphatic rings. The highest BCUT2D eigenvalue weighted by Crippen LogP contribution is 2.24. The lowest BCUT2D eigenvalue weighted by molar-refractivity contribution is 0.102. The van der Waals surface area contributed by atoms with Crippen molar-refractivity contribution in [2.24, 2.45) is 7.05 Å². The summed E-state index contributed by atoms with van der Waals surface area (Å²) in [7, 11) is -2.54. The number of hydrogen-bond acceptors (Lipinski definition) is 5. The largest absolute Gasteiger partial charge is 0.419 e. The zero-order chi connectivity index (χ0) is 22.2. The molecule has 1 amide bonds. The summed E-state index contributed by atoms with van der Waals surface area (Å²) in [4.78, 5) is 24.3. The molecule has 158 valence electrons. The van der Waals surface area contributed by atoms with Gasteiger partial charge in [0.2, 0.25) is 0 Å². The van der Waals surface area contributed by atoms with E-state index < -0.39 is 21.7 Å². The molecule has 0 spiro atoms. The fourth-order valence-electron chi connectivity index (χ4n) is 2.99. The number of nitrogens with one attached hydrogen (secondary N) is 2. The number of carbonyl (C=O) groups excluding carboxylic acids is 1. The number of halogens is 1. The number of aromatic nitrogens is 1. The Bertz CT molecular complexity index is 1460. The fraction of sp³-hybridized carbons (Fsp3) is 0.0476. The van der Waals surface area contributed by atoms with E-state index in [4.69, 9.17) is 16.0 Å². The average Bonchev–Trinajstić information content (AvgIpc) is 3.03. The Morgan fingerprint density at radius 1 is 1.03 bits per heavy atom. The predicted octanol–water partition coefficient (Wildman–Crippen LogP) is 3.84. The molecular weight excluding hydrogens is 442 g/mol. The highest BCUT2D eigenvalue weighted by Gasteiger charge is 2.20. The van der Waals surface area contributed by atoms with Crippen molar-refractivity contribution in [1.29, 1.82) is 0 Å². The summed E-state index contributed by atoms with van der Waals surface area (Å²) in [5.41, 5.74) is 1.35. The van der Waals surface area contributed by atoms with Crippen LogP contribution in [-0.4, -0.2) is 18.9 Å². The Morgan fingerprint density at radius 3 is 2.48 bits per heavy atom. The van der Waals surface area contributed by atoms with Gasteiger partial charge in [-0.3, -0.25) is 14.1 Å². The predicted molar refractivity (Wildman–Crippen MR) is 118 cm³/mol. The number of fused-ring (bicyclic) bond motifs is 1. The molecule has 10 heteroatoms. The Morgan fingerprint density at radius 2 is 1.74 bits per heavy atom. The molecule has 0 unspecified atom stereocenters. The van der Waals surface area contributed by atoms with E-state index >= 15 is 0 Å². The van der Waals surface area contributed by atoms with Crippen LogP contribution in [-0.2, 0) is 17.1 Å². The smallest absolute Gasteiger partial charge is 0.408 e. The quantitative estimate of drug-likeness (QED) is 0.473. The zero-order valence-corrected chi connectivity index (χ0v) is 17.7. The van der Waals surface area contributed by atoms with Gasteiger partial charge in [0.25, 0.3) is 15.9 Å². The van der Waals surface area contributed by atoms with Gasteiger partial charge in [-0.05, 0) is 48.5 Å². The summed E-state index contributed by atoms with van der Waals surface area (Å²) >= 11 is 5.85. The summed E-state index contributed by atoms with van der Waals surface area (Å²) in [6.45, 7) is 0. The maximum atomic E-state index is 12.9. The van der Waals surface area contributed by atoms with Crippen molar-refractivity contribution in [3.05, 3.63) is 87.9 Å². The van der Waals surface area contributed by atoms with Crippen LogP contribution in [0, 0.1) is 0 Å². The number of carbonyl (C=O) groups is 1. The van der Waals surface area contributed by atoms with Gasteiger partial charge < -0.3 is 9.73 Å². The van der Waals surface area contributed by atoms with Crippen LogP contribution < -0.4 is 15.8 Å². The summed E-state index contributed by atoms with van der Waals surface area (Å²) in [6.07, 6.45) is 0. The van der Waals surface area contributed by atoms with Crippen molar-refractivity contribution in [3.8, 4) is 0 Å². The first-order valence-electron chi connectivity index (χ1n) is 9.03. The minimum Gasteiger partial charge on any atom is -0.408 e. The highest BCUT2D eigenvalue weighted by atomic mass is 35.5. The monoisotopic (exact) mass is 457 g/mol. The van der Waals surface area contributed by atoms with Crippen LogP contribution in [0.1, 0.15) is 10.4 Å². The summed E-state index contributed by atoms with van der Waals surface area (Å²) in [6, 6.07) is 16.8. The van der Waals surface area contributed by atoms with Crippen molar-refractivity contribution >= 4 is 50.0 Å². The molecule has 0 radical (unpaired) electrons. The van der Waals surface area contributed by atoms with Gasteiger partial charge in [-0.15, -0.1) is 0 Å². The second-order valence-electron chi connectivity index (χ2n) is 6.67. The average molecular weight is 458 g/mol. The molecule has 31 heavy (non-hydrogen) atoms. The number of aryl methyl sites for hydroxylation is 1. The van der Waals surface area contributed by atoms with E-state index in [0.29, 0.717) is 16.2 Å². The Kier molecular flexibility index (Phi) is 5.30. The van der Waals surface area contributed by atoms with Crippen molar-refractivity contribution in [1.82, 2.24) is 4.57 Å². The van der Waals surface area contributed by atoms with E-state index in [1.807, 2.05) is 0 Å². The molecular formula is C21H16ClN3O5S. The van der Waals surface area contributed by atoms with Crippen LogP contribution in [0.5, 0.6) is 0 Å². The number of nitrogens with zero attached hydrogens (tertiary/aromatic N) is 1. The molecule has 0 atom stereocenters. The van der Waals surface area contributed by atoms with E-state index in [1.54, 1.807) is 36.4 Å². The van der Waals surface area contributed by atoms with Crippen LogP contribution in [0.25, 0.3) is 11.1 Å². The van der Waals surface area contributed by atoms with Crippen molar-refractivity contribution in [2.45, 2.75) is 4.90 Å². The maximum absolute atomic E-state index is 12.9. The SMILES string of the molecule is Cn1c(=O)oc2cc(S(=O)(=O)Nc3ccccc3C(=O)Nc3ccc(Cl)cc3)ccc21. The summed E-state index contributed by atoms with van der Waals surface area (Å²) in [5, 5.41) is 3.22. The third kappa shape index (κ3) is 4.18. The van der Waals surface area contributed by atoms with Gasteiger partial charge >= 0.3 is 5.76 Å². The molecule has 4 rings (SSSR count). The van der Waals surface area contributed by atoms with Gasteiger partial charge in [0, 0.05) is 23.8 Å². The number of hydrogen-bond donors (Lipinski definition) is 2. The topological polar surface area (TPSA) is 110 Å². The lowest BCUT2D eigenvalue weighted by Gasteiger charge is -2.13. The Balaban J connectivity index is 1.64. The molecule has 0 aliphatic heterocycles. The van der Waals surface area contributed by atoms with Gasteiger partial charge in [-0.25, -0.2) is 13.2 Å². The maximum Gasteiger partial charge on any atom is 0.419 e. The first-order valence-corrected chi connectivity index (χ1v) is 10.9. The number of oxazole rings is 1. The lowest BCUT2D eigenvalue weighted by Crippen LogP contribution is -2.18. The van der Waals surface area contributed by atoms with E-state index in [0.717, 1.165) is 0 Å². The first kappa shape index (κ1) is 20.7. The zero-order valence-electron chi connectivity index (χ0n) is 16.1. The van der Waals surface area contributed by atoms with Gasteiger partial charge in [0.05, 0.1) is 21.7 Å². The molecule has 3 aromatic carbocycles. The van der Waals surface area contributed by atoms with Gasteiger partial charge in [0.15, 0.2) is 5.58 Å². The van der Waals surface area contributed by atoms with E-state index in [2.05, 4.69) is 10.0 Å². The summed E-state index contributed by atoms with van der Waals surface area (Å²) in [5.74, 6) is -1.09. The van der Waals surface area contributed by atoms with Crippen LogP contribution in [0.15, 0.2) is 80.8 Å². The standard InChI is InChI=1S/C21H16ClN3O5S/c1-25-18-11-10-15(12-19(18)30-21(25)27)31(28,29)24-17-5-3-2-4-16(17)20(26)23-14-8-6-13(22)7-9-14/h2-12,24H,1H3,(H,23,26). The van der Waals surface area contributed by atoms with Crippen LogP contribution in [0.4, 0.5) is 11.4 Å². The Hall–Kier alpha value is -3.56. The summed E-state index contributed by atoms with van der Waals surface area (Å²) < 4.78 is 34.6. The van der Waals surface area contributed by atoms with Crippen molar-refractivity contribution in [3.63, 3.8) is 0 Å². The van der Waals surface area contributed by atoms with Gasteiger partial charge in [-0.1, -0.05) is 23.7 Å². The number of amides is 1. The molecule has 0 aliphatic carbocycles. The number of benzene rings is 3. The number of para-hydroxylation sites is 1. The third-order valence-electron chi connectivity index (χ3n) is 4.59. The van der Waals surface area contributed by atoms with Gasteiger partial charge in [-0.2, -0.15) is 0 Å². The van der Waals surface area contributed by atoms with Crippen LogP contribution >= 0.6 is 11.6 Å². The number of anilines is 2. The minimum atomic E-state index is -4.06. The number of sulfonamides is 1. The van der Waals surface area contributed by atoms with Gasteiger partial charge in [0.1, 0.15) is 0 Å². The highest BCUT2D eigenvalue weighted by molar-refractivity contribution is 7.92. The number of rotatable bonds is 5. The molecule has 1 aromatic heterocycles. The van der Waals surface area contributed by atoms with E-state index in [-0.39, 0.29) is 21.7 Å². The second-order valence-corrected chi connectivity index (χ2v) is 8.79. The lowest BCUT2D eigenvalue weighted by atomic mass is 10.1. The van der Waals surface area contributed by atoms with Crippen molar-refractivity contribution < 1.29 is 17.6 Å². The first-order chi connectivity index (χ1) is 14.7. The fourth-order valence-corrected chi connectivity index (χ4v) is 4.21. The molecule has 1 heterocycles. The molecule has 8 nitrogen and oxygen atoms in total. The third-order valence-corrected chi connectivity index (χ3v) is 6.21. The normalized spacial score (nSPS) is 11.4. The molecule has 0 fully saturated rings. The Labute approximate surface area is 182 Å². The van der Waals surface area contributed by atoms with Crippen molar-refractivity contribution in [2.75, 3.05) is 10.0 Å².